The van der Waals surface area contributed by atoms with E-state index in [1.54, 1.807) is 0 Å². The van der Waals surface area contributed by atoms with Crippen molar-refractivity contribution in [2.75, 3.05) is 6.54 Å². The first-order chi connectivity index (χ1) is 8.24. The Morgan fingerprint density at radius 3 is 2.71 bits per heavy atom. The van der Waals surface area contributed by atoms with Gasteiger partial charge in [0, 0.05) is 12.4 Å². The number of rotatable bonds is 5. The molecule has 1 aromatic carbocycles. The molecule has 0 aliphatic rings. The highest BCUT2D eigenvalue weighted by Gasteiger charge is 2.10. The molecule has 0 fully saturated rings. The fraction of sp³-hybridized carbons (Fsp3) is 0.400. The second-order valence-corrected chi connectivity index (χ2v) is 4.14. The molecule has 0 amide bonds. The minimum absolute atomic E-state index is 0.381. The van der Waals surface area contributed by atoms with Crippen LogP contribution in [0.25, 0.3) is 5.57 Å². The lowest BCUT2D eigenvalue weighted by Gasteiger charge is -2.16. The third kappa shape index (κ3) is 3.53. The van der Waals surface area contributed by atoms with Crippen LogP contribution in [0, 0.1) is 0 Å². The lowest BCUT2D eigenvalue weighted by Crippen LogP contribution is -2.10. The second-order valence-electron chi connectivity index (χ2n) is 4.14. The largest absolute Gasteiger partial charge is 0.330 e. The summed E-state index contributed by atoms with van der Waals surface area (Å²) in [4.78, 5) is 4.23. The molecular formula is C15H22N2. The topological polar surface area (TPSA) is 38.4 Å². The normalized spacial score (nSPS) is 14.2. The minimum Gasteiger partial charge on any atom is -0.330 e. The van der Waals surface area contributed by atoms with E-state index in [1.165, 1.54) is 16.7 Å². The van der Waals surface area contributed by atoms with Gasteiger partial charge in [-0.1, -0.05) is 38.1 Å². The van der Waals surface area contributed by atoms with Crippen LogP contribution in [0.2, 0.25) is 0 Å². The number of nitrogens with two attached hydrogens (primary N) is 1. The molecular weight excluding hydrogens is 208 g/mol. The lowest BCUT2D eigenvalue weighted by molar-refractivity contribution is 0.771. The fourth-order valence-corrected chi connectivity index (χ4v) is 1.86. The van der Waals surface area contributed by atoms with Gasteiger partial charge in [-0.15, -0.1) is 0 Å². The Kier molecular flexibility index (Phi) is 5.64. The highest BCUT2D eigenvalue weighted by atomic mass is 14.7. The summed E-state index contributed by atoms with van der Waals surface area (Å²) in [5.41, 5.74) is 9.62. The molecule has 0 aliphatic heterocycles. The van der Waals surface area contributed by atoms with Crippen molar-refractivity contribution in [2.45, 2.75) is 33.1 Å². The van der Waals surface area contributed by atoms with Gasteiger partial charge in [0.25, 0.3) is 0 Å². The van der Waals surface area contributed by atoms with Gasteiger partial charge in [0.15, 0.2) is 0 Å². The molecule has 17 heavy (non-hydrogen) atoms. The zero-order chi connectivity index (χ0) is 12.7. The first-order valence-electron chi connectivity index (χ1n) is 6.20. The fourth-order valence-electron chi connectivity index (χ4n) is 1.86. The van der Waals surface area contributed by atoms with Gasteiger partial charge in [-0.3, -0.25) is 4.99 Å². The molecule has 0 saturated heterocycles. The van der Waals surface area contributed by atoms with E-state index in [1.807, 2.05) is 19.3 Å². The average Bonchev–Trinajstić information content (AvgIpc) is 2.39. The molecule has 1 atom stereocenters. The molecule has 0 radical (unpaired) electrons. The summed E-state index contributed by atoms with van der Waals surface area (Å²) >= 11 is 0. The standard InChI is InChI=1S/C15H22N2/c1-4-13(11-17-5-2)15-9-7-6-8-14(15)12(3)10-16/h5-9,11-12H,4,10,16H2,1-3H3/b13-11+,17-5?. The second kappa shape index (κ2) is 7.02. The van der Waals surface area contributed by atoms with Crippen LogP contribution >= 0.6 is 0 Å². The first-order valence-corrected chi connectivity index (χ1v) is 6.20. The quantitative estimate of drug-likeness (QED) is 0.771. The number of hydrogen-bond acceptors (Lipinski definition) is 2. The minimum atomic E-state index is 0.381. The third-order valence-corrected chi connectivity index (χ3v) is 2.95. The van der Waals surface area contributed by atoms with Crippen LogP contribution < -0.4 is 5.73 Å². The SMILES string of the molecule is CC=N/C=C(\CC)c1ccccc1C(C)CN. The van der Waals surface area contributed by atoms with Gasteiger partial charge in [0.1, 0.15) is 0 Å². The number of nitrogens with zero attached hydrogens (tertiary/aromatic N) is 1. The van der Waals surface area contributed by atoms with Crippen LogP contribution in [0.4, 0.5) is 0 Å². The van der Waals surface area contributed by atoms with Gasteiger partial charge >= 0.3 is 0 Å². The molecule has 0 bridgehead atoms. The van der Waals surface area contributed by atoms with Crippen molar-refractivity contribution in [3.8, 4) is 0 Å². The Balaban J connectivity index is 3.19. The van der Waals surface area contributed by atoms with Crippen molar-refractivity contribution in [2.24, 2.45) is 10.7 Å². The van der Waals surface area contributed by atoms with Crippen LogP contribution in [0.1, 0.15) is 44.2 Å². The number of benzene rings is 1. The summed E-state index contributed by atoms with van der Waals surface area (Å²) in [6.07, 6.45) is 4.73. The van der Waals surface area contributed by atoms with Crippen LogP contribution in [-0.4, -0.2) is 12.8 Å². The zero-order valence-corrected chi connectivity index (χ0v) is 11.0. The maximum Gasteiger partial charge on any atom is 0.0301 e. The molecule has 0 aliphatic carbocycles. The maximum atomic E-state index is 5.77. The van der Waals surface area contributed by atoms with Crippen LogP contribution in [-0.2, 0) is 0 Å². The summed E-state index contributed by atoms with van der Waals surface area (Å²) in [5, 5.41) is 0. The van der Waals surface area contributed by atoms with Crippen molar-refractivity contribution in [3.05, 3.63) is 41.6 Å². The Morgan fingerprint density at radius 1 is 1.41 bits per heavy atom. The Bertz CT molecular complexity index is 405. The third-order valence-electron chi connectivity index (χ3n) is 2.95. The van der Waals surface area contributed by atoms with Crippen molar-refractivity contribution in [1.29, 1.82) is 0 Å². The van der Waals surface area contributed by atoms with Gasteiger partial charge in [-0.2, -0.15) is 0 Å². The zero-order valence-electron chi connectivity index (χ0n) is 11.0. The van der Waals surface area contributed by atoms with E-state index in [-0.39, 0.29) is 0 Å². The molecule has 0 heterocycles. The molecule has 0 spiro atoms. The monoisotopic (exact) mass is 230 g/mol. The summed E-state index contributed by atoms with van der Waals surface area (Å²) in [6, 6.07) is 8.45. The lowest BCUT2D eigenvalue weighted by atomic mass is 9.91. The van der Waals surface area contributed by atoms with Gasteiger partial charge < -0.3 is 5.73 Å². The Labute approximate surface area is 104 Å². The first kappa shape index (κ1) is 13.7. The van der Waals surface area contributed by atoms with Gasteiger partial charge in [0.05, 0.1) is 0 Å². The molecule has 0 saturated carbocycles. The summed E-state index contributed by atoms with van der Waals surface area (Å²) in [6.45, 7) is 6.92. The predicted molar refractivity (Wildman–Crippen MR) is 76.3 cm³/mol. The van der Waals surface area contributed by atoms with E-state index >= 15 is 0 Å². The van der Waals surface area contributed by atoms with E-state index in [4.69, 9.17) is 5.73 Å². The smallest absolute Gasteiger partial charge is 0.0301 e. The van der Waals surface area contributed by atoms with Gasteiger partial charge in [0.2, 0.25) is 0 Å². The van der Waals surface area contributed by atoms with Crippen LogP contribution in [0.5, 0.6) is 0 Å². The summed E-state index contributed by atoms with van der Waals surface area (Å²) in [7, 11) is 0. The highest BCUT2D eigenvalue weighted by molar-refractivity contribution is 5.70. The predicted octanol–water partition coefficient (Wildman–Crippen LogP) is 3.59. The Morgan fingerprint density at radius 2 is 2.12 bits per heavy atom. The highest BCUT2D eigenvalue weighted by Crippen LogP contribution is 2.27. The van der Waals surface area contributed by atoms with Crippen LogP contribution in [0.15, 0.2) is 35.5 Å². The molecule has 1 rings (SSSR count). The van der Waals surface area contributed by atoms with Crippen molar-refractivity contribution in [1.82, 2.24) is 0 Å². The molecule has 0 aromatic heterocycles. The van der Waals surface area contributed by atoms with Crippen molar-refractivity contribution in [3.63, 3.8) is 0 Å². The molecule has 2 nitrogen and oxygen atoms in total. The van der Waals surface area contributed by atoms with Crippen molar-refractivity contribution < 1.29 is 0 Å². The number of allylic oxidation sites excluding steroid dienone is 1. The number of hydrogen-bond donors (Lipinski definition) is 1. The molecule has 1 aromatic rings. The maximum absolute atomic E-state index is 5.77. The van der Waals surface area contributed by atoms with E-state index in [9.17, 15) is 0 Å². The van der Waals surface area contributed by atoms with E-state index in [0.717, 1.165) is 6.42 Å². The van der Waals surface area contributed by atoms with Gasteiger partial charge in [-0.25, -0.2) is 0 Å². The van der Waals surface area contributed by atoms with E-state index < -0.39 is 0 Å². The van der Waals surface area contributed by atoms with Gasteiger partial charge in [-0.05, 0) is 42.5 Å². The summed E-state index contributed by atoms with van der Waals surface area (Å²) in [5.74, 6) is 0.381. The molecule has 92 valence electrons. The molecule has 1 unspecified atom stereocenters. The van der Waals surface area contributed by atoms with Crippen molar-refractivity contribution >= 4 is 11.8 Å². The molecule has 2 heteroatoms. The summed E-state index contributed by atoms with van der Waals surface area (Å²) < 4.78 is 0. The van der Waals surface area contributed by atoms with E-state index in [2.05, 4.69) is 43.1 Å². The number of aliphatic imine (C=N–C) groups is 1. The van der Waals surface area contributed by atoms with Crippen LogP contribution in [0.3, 0.4) is 0 Å². The Hall–Kier alpha value is -1.41. The van der Waals surface area contributed by atoms with E-state index in [0.29, 0.717) is 12.5 Å². The average molecular weight is 230 g/mol. The molecule has 2 N–H and O–H groups in total.